The van der Waals surface area contributed by atoms with Crippen LogP contribution in [-0.2, 0) is 20.8 Å². The van der Waals surface area contributed by atoms with Gasteiger partial charge < -0.3 is 32.5 Å². The number of guanidine groups is 1. The molecule has 10 nitrogen and oxygen atoms in total. The molecular formula is C18H28N6O4. The molecule has 154 valence electrons. The van der Waals surface area contributed by atoms with E-state index in [1.165, 1.54) is 6.92 Å². The minimum Gasteiger partial charge on any atom is -0.480 e. The number of nitrogens with one attached hydrogen (secondary N) is 4. The summed E-state index contributed by atoms with van der Waals surface area (Å²) in [5.41, 5.74) is 11.5. The number of hydrogen-bond donors (Lipinski definition) is 7. The lowest BCUT2D eigenvalue weighted by molar-refractivity contribution is -0.142. The number of carbonyl (C=O) groups is 3. The van der Waals surface area contributed by atoms with Gasteiger partial charge in [-0.2, -0.15) is 0 Å². The van der Waals surface area contributed by atoms with E-state index in [0.717, 1.165) is 5.56 Å². The standard InChI is InChI=1S/C18H28N6O4/c1-11(19)15(25)23-13(8-5-9-22-18(20)21)16(26)24-14(17(27)28)10-12-6-3-2-4-7-12/h2-4,6-7,11,13-14H,5,8-10,19H2,1H3,(H,23,25)(H,24,26)(H,27,28)(H4,20,21,22)/t11-,13-,14-/m0/s1. The van der Waals surface area contributed by atoms with Crippen molar-refractivity contribution >= 4 is 23.7 Å². The Morgan fingerprint density at radius 1 is 1.11 bits per heavy atom. The number of carboxylic acid groups (broad SMARTS) is 1. The van der Waals surface area contributed by atoms with Gasteiger partial charge >= 0.3 is 5.97 Å². The van der Waals surface area contributed by atoms with Crippen LogP contribution in [0.1, 0.15) is 25.3 Å². The van der Waals surface area contributed by atoms with Gasteiger partial charge in [-0.15, -0.1) is 0 Å². The number of carbonyl (C=O) groups excluding carboxylic acids is 2. The number of benzene rings is 1. The lowest BCUT2D eigenvalue weighted by Crippen LogP contribution is -2.54. The van der Waals surface area contributed by atoms with E-state index < -0.39 is 35.9 Å². The zero-order valence-corrected chi connectivity index (χ0v) is 15.8. The summed E-state index contributed by atoms with van der Waals surface area (Å²) < 4.78 is 0. The maximum absolute atomic E-state index is 12.6. The number of hydrogen-bond acceptors (Lipinski definition) is 5. The SMILES string of the molecule is C[C@H](N)C(=O)N[C@@H](CCCNC(=N)N)C(=O)N[C@@H](Cc1ccccc1)C(=O)O. The highest BCUT2D eigenvalue weighted by Crippen LogP contribution is 2.05. The van der Waals surface area contributed by atoms with Crippen molar-refractivity contribution in [3.63, 3.8) is 0 Å². The van der Waals surface area contributed by atoms with Crippen molar-refractivity contribution in [2.75, 3.05) is 6.54 Å². The highest BCUT2D eigenvalue weighted by molar-refractivity contribution is 5.91. The maximum atomic E-state index is 12.6. The molecule has 1 aromatic rings. The van der Waals surface area contributed by atoms with E-state index in [2.05, 4.69) is 16.0 Å². The molecule has 0 radical (unpaired) electrons. The van der Waals surface area contributed by atoms with Crippen molar-refractivity contribution in [3.8, 4) is 0 Å². The Labute approximate surface area is 163 Å². The number of carboxylic acids is 1. The van der Waals surface area contributed by atoms with Gasteiger partial charge in [-0.1, -0.05) is 30.3 Å². The van der Waals surface area contributed by atoms with Crippen LogP contribution in [0.5, 0.6) is 0 Å². The quantitative estimate of drug-likeness (QED) is 0.141. The molecule has 0 aromatic heterocycles. The van der Waals surface area contributed by atoms with E-state index in [0.29, 0.717) is 13.0 Å². The van der Waals surface area contributed by atoms with Crippen LogP contribution in [0.25, 0.3) is 0 Å². The Kier molecular flexibility index (Phi) is 9.44. The molecular weight excluding hydrogens is 364 g/mol. The Balaban J connectivity index is 2.78. The fourth-order valence-corrected chi connectivity index (χ4v) is 2.42. The van der Waals surface area contributed by atoms with Crippen LogP contribution < -0.4 is 27.4 Å². The van der Waals surface area contributed by atoms with E-state index in [4.69, 9.17) is 16.9 Å². The summed E-state index contributed by atoms with van der Waals surface area (Å²) in [4.78, 5) is 36.1. The smallest absolute Gasteiger partial charge is 0.326 e. The van der Waals surface area contributed by atoms with Gasteiger partial charge in [0.05, 0.1) is 6.04 Å². The Morgan fingerprint density at radius 2 is 1.71 bits per heavy atom. The molecule has 0 heterocycles. The molecule has 0 saturated heterocycles. The molecule has 0 fully saturated rings. The summed E-state index contributed by atoms with van der Waals surface area (Å²) in [6.45, 7) is 1.82. The Hall–Kier alpha value is -3.14. The van der Waals surface area contributed by atoms with Crippen LogP contribution >= 0.6 is 0 Å². The van der Waals surface area contributed by atoms with Crippen molar-refractivity contribution in [2.24, 2.45) is 11.5 Å². The fraction of sp³-hybridized carbons (Fsp3) is 0.444. The van der Waals surface area contributed by atoms with E-state index >= 15 is 0 Å². The average molecular weight is 392 g/mol. The molecule has 2 amide bonds. The van der Waals surface area contributed by atoms with Gasteiger partial charge in [0, 0.05) is 13.0 Å². The van der Waals surface area contributed by atoms with Crippen LogP contribution in [0.3, 0.4) is 0 Å². The first-order chi connectivity index (χ1) is 13.2. The molecule has 1 rings (SSSR count). The van der Waals surface area contributed by atoms with Crippen molar-refractivity contribution in [1.82, 2.24) is 16.0 Å². The lowest BCUT2D eigenvalue weighted by Gasteiger charge is -2.22. The van der Waals surface area contributed by atoms with Gasteiger partial charge in [0.25, 0.3) is 0 Å². The zero-order chi connectivity index (χ0) is 21.1. The molecule has 0 unspecified atom stereocenters. The second-order valence-corrected chi connectivity index (χ2v) is 6.42. The van der Waals surface area contributed by atoms with Gasteiger partial charge in [-0.05, 0) is 25.3 Å². The van der Waals surface area contributed by atoms with E-state index in [9.17, 15) is 19.5 Å². The van der Waals surface area contributed by atoms with E-state index in [1.54, 1.807) is 24.3 Å². The summed E-state index contributed by atoms with van der Waals surface area (Å²) in [7, 11) is 0. The fourth-order valence-electron chi connectivity index (χ4n) is 2.42. The van der Waals surface area contributed by atoms with Gasteiger partial charge in [-0.3, -0.25) is 15.0 Å². The van der Waals surface area contributed by atoms with Crippen molar-refractivity contribution < 1.29 is 19.5 Å². The molecule has 0 aliphatic carbocycles. The van der Waals surface area contributed by atoms with Gasteiger partial charge in [0.2, 0.25) is 11.8 Å². The summed E-state index contributed by atoms with van der Waals surface area (Å²) >= 11 is 0. The molecule has 0 aliphatic heterocycles. The van der Waals surface area contributed by atoms with Crippen LogP contribution in [0.15, 0.2) is 30.3 Å². The number of rotatable bonds is 11. The summed E-state index contributed by atoms with van der Waals surface area (Å²) in [6, 6.07) is 6.01. The van der Waals surface area contributed by atoms with E-state index in [-0.39, 0.29) is 18.8 Å². The van der Waals surface area contributed by atoms with Crippen LogP contribution in [0.4, 0.5) is 0 Å². The minimum atomic E-state index is -1.17. The van der Waals surface area contributed by atoms with Crippen molar-refractivity contribution in [2.45, 2.75) is 44.3 Å². The lowest BCUT2D eigenvalue weighted by atomic mass is 10.0. The molecule has 0 saturated carbocycles. The predicted octanol–water partition coefficient (Wildman–Crippen LogP) is -1.11. The maximum Gasteiger partial charge on any atom is 0.326 e. The van der Waals surface area contributed by atoms with Crippen LogP contribution in [0.2, 0.25) is 0 Å². The van der Waals surface area contributed by atoms with Gasteiger partial charge in [-0.25, -0.2) is 4.79 Å². The first kappa shape index (κ1) is 22.9. The van der Waals surface area contributed by atoms with Gasteiger partial charge in [0.1, 0.15) is 12.1 Å². The third-order valence-corrected chi connectivity index (χ3v) is 3.93. The second-order valence-electron chi connectivity index (χ2n) is 6.42. The van der Waals surface area contributed by atoms with Crippen molar-refractivity contribution in [1.29, 1.82) is 5.41 Å². The second kappa shape index (κ2) is 11.5. The van der Waals surface area contributed by atoms with E-state index in [1.807, 2.05) is 6.07 Å². The summed E-state index contributed by atoms with van der Waals surface area (Å²) in [6.07, 6.45) is 0.761. The normalized spacial score (nSPS) is 13.6. The monoisotopic (exact) mass is 392 g/mol. The molecule has 0 bridgehead atoms. The molecule has 28 heavy (non-hydrogen) atoms. The molecule has 10 heteroatoms. The first-order valence-electron chi connectivity index (χ1n) is 8.91. The molecule has 9 N–H and O–H groups in total. The topological polar surface area (TPSA) is 183 Å². The minimum absolute atomic E-state index is 0.113. The molecule has 3 atom stereocenters. The molecule has 1 aromatic carbocycles. The number of nitrogens with two attached hydrogens (primary N) is 2. The zero-order valence-electron chi connectivity index (χ0n) is 15.8. The molecule has 0 aliphatic rings. The summed E-state index contributed by atoms with van der Waals surface area (Å²) in [5, 5.41) is 24.2. The Morgan fingerprint density at radius 3 is 2.25 bits per heavy atom. The number of aliphatic carboxylic acids is 1. The highest BCUT2D eigenvalue weighted by atomic mass is 16.4. The number of amides is 2. The Bertz CT molecular complexity index is 680. The van der Waals surface area contributed by atoms with Gasteiger partial charge in [0.15, 0.2) is 5.96 Å². The first-order valence-corrected chi connectivity index (χ1v) is 8.91. The third-order valence-electron chi connectivity index (χ3n) is 3.93. The predicted molar refractivity (Wildman–Crippen MR) is 104 cm³/mol. The summed E-state index contributed by atoms with van der Waals surface area (Å²) in [5.74, 6) is -2.50. The average Bonchev–Trinajstić information content (AvgIpc) is 2.63. The largest absolute Gasteiger partial charge is 0.480 e. The van der Waals surface area contributed by atoms with Crippen LogP contribution in [-0.4, -0.2) is 53.5 Å². The molecule has 0 spiro atoms. The highest BCUT2D eigenvalue weighted by Gasteiger charge is 2.27. The van der Waals surface area contributed by atoms with Crippen LogP contribution in [0, 0.1) is 5.41 Å². The third kappa shape index (κ3) is 8.49. The van der Waals surface area contributed by atoms with Crippen molar-refractivity contribution in [3.05, 3.63) is 35.9 Å².